The molecule has 0 radical (unpaired) electrons. The van der Waals surface area contributed by atoms with Crippen LogP contribution in [0, 0.1) is 5.92 Å². The van der Waals surface area contributed by atoms with Gasteiger partial charge in [0.2, 0.25) is 0 Å². The van der Waals surface area contributed by atoms with E-state index < -0.39 is 0 Å². The second-order valence-electron chi connectivity index (χ2n) is 3.79. The molecule has 2 atom stereocenters. The van der Waals surface area contributed by atoms with Crippen LogP contribution in [-0.4, -0.2) is 6.54 Å². The van der Waals surface area contributed by atoms with E-state index in [2.05, 4.69) is 6.92 Å². The number of hydrogen-bond donors (Lipinski definition) is 1. The van der Waals surface area contributed by atoms with E-state index in [0.29, 0.717) is 17.1 Å². The summed E-state index contributed by atoms with van der Waals surface area (Å²) in [7, 11) is 0. The Morgan fingerprint density at radius 3 is 3.23 bits per heavy atom. The largest absolute Gasteiger partial charge is 0.449 e. The maximum absolute atomic E-state index is 5.79. The van der Waals surface area contributed by atoms with E-state index in [1.54, 1.807) is 0 Å². The van der Waals surface area contributed by atoms with Crippen LogP contribution in [0.15, 0.2) is 10.5 Å². The molecule has 2 unspecified atom stereocenters. The summed E-state index contributed by atoms with van der Waals surface area (Å²) in [5.41, 5.74) is 6.93. The molecule has 0 saturated carbocycles. The molecule has 0 fully saturated rings. The lowest BCUT2D eigenvalue weighted by molar-refractivity contribution is 0.462. The Morgan fingerprint density at radius 1 is 1.77 bits per heavy atom. The Kier molecular flexibility index (Phi) is 2.35. The summed E-state index contributed by atoms with van der Waals surface area (Å²) in [5, 5.41) is 0.513. The van der Waals surface area contributed by atoms with E-state index in [-0.39, 0.29) is 0 Å². The number of furan rings is 1. The van der Waals surface area contributed by atoms with Crippen molar-refractivity contribution in [1.29, 1.82) is 0 Å². The normalized spacial score (nSPS) is 23.2. The number of halogens is 1. The van der Waals surface area contributed by atoms with Gasteiger partial charge in [0.05, 0.1) is 0 Å². The first-order valence-corrected chi connectivity index (χ1v) is 5.08. The van der Waals surface area contributed by atoms with E-state index in [1.165, 1.54) is 5.56 Å². The molecule has 1 aromatic heterocycles. The van der Waals surface area contributed by atoms with Crippen molar-refractivity contribution in [2.45, 2.75) is 25.7 Å². The van der Waals surface area contributed by atoms with E-state index >= 15 is 0 Å². The zero-order valence-electron chi connectivity index (χ0n) is 7.72. The van der Waals surface area contributed by atoms with Crippen molar-refractivity contribution < 1.29 is 4.42 Å². The number of rotatable bonds is 2. The summed E-state index contributed by atoms with van der Waals surface area (Å²) < 4.78 is 5.38. The summed E-state index contributed by atoms with van der Waals surface area (Å²) in [6, 6.07) is 1.95. The van der Waals surface area contributed by atoms with Crippen molar-refractivity contribution in [3.63, 3.8) is 0 Å². The topological polar surface area (TPSA) is 39.2 Å². The Labute approximate surface area is 83.1 Å². The fourth-order valence-electron chi connectivity index (χ4n) is 2.12. The highest BCUT2D eigenvalue weighted by atomic mass is 35.5. The highest BCUT2D eigenvalue weighted by Gasteiger charge is 2.29. The molecule has 0 spiro atoms. The van der Waals surface area contributed by atoms with Crippen LogP contribution in [-0.2, 0) is 6.42 Å². The van der Waals surface area contributed by atoms with Gasteiger partial charge >= 0.3 is 0 Å². The van der Waals surface area contributed by atoms with E-state index in [9.17, 15) is 0 Å². The van der Waals surface area contributed by atoms with Gasteiger partial charge in [-0.05, 0) is 48.0 Å². The molecule has 3 heteroatoms. The van der Waals surface area contributed by atoms with Crippen LogP contribution in [0.25, 0.3) is 0 Å². The van der Waals surface area contributed by atoms with Gasteiger partial charge in [0.1, 0.15) is 5.76 Å². The summed E-state index contributed by atoms with van der Waals surface area (Å²) >= 11 is 5.79. The lowest BCUT2D eigenvalue weighted by Gasteiger charge is -2.16. The van der Waals surface area contributed by atoms with E-state index in [0.717, 1.165) is 25.1 Å². The van der Waals surface area contributed by atoms with Gasteiger partial charge in [-0.1, -0.05) is 6.92 Å². The minimum absolute atomic E-state index is 0.513. The summed E-state index contributed by atoms with van der Waals surface area (Å²) in [4.78, 5) is 0. The molecule has 2 nitrogen and oxygen atoms in total. The summed E-state index contributed by atoms with van der Waals surface area (Å²) in [5.74, 6) is 2.14. The van der Waals surface area contributed by atoms with Crippen molar-refractivity contribution >= 4 is 11.6 Å². The minimum atomic E-state index is 0.513. The first kappa shape index (κ1) is 9.10. The molecule has 1 aliphatic carbocycles. The molecule has 0 bridgehead atoms. The third-order valence-corrected chi connectivity index (χ3v) is 3.14. The SMILES string of the molecule is CC(CN)C1CCc2oc(Cl)cc21. The van der Waals surface area contributed by atoms with Crippen molar-refractivity contribution in [2.75, 3.05) is 6.54 Å². The van der Waals surface area contributed by atoms with E-state index in [1.807, 2.05) is 6.07 Å². The molecule has 1 aliphatic rings. The third-order valence-electron chi connectivity index (χ3n) is 2.95. The highest BCUT2D eigenvalue weighted by molar-refractivity contribution is 6.28. The molecule has 72 valence electrons. The molecule has 1 aromatic rings. The molecule has 2 N–H and O–H groups in total. The Bertz CT molecular complexity index is 308. The number of hydrogen-bond acceptors (Lipinski definition) is 2. The fraction of sp³-hybridized carbons (Fsp3) is 0.600. The van der Waals surface area contributed by atoms with Crippen molar-refractivity contribution in [3.8, 4) is 0 Å². The second kappa shape index (κ2) is 3.35. The standard InChI is InChI=1S/C10H14ClNO/c1-6(5-12)7-2-3-9-8(7)4-10(11)13-9/h4,6-7H,2-3,5,12H2,1H3. The summed E-state index contributed by atoms with van der Waals surface area (Å²) in [6.07, 6.45) is 2.17. The van der Waals surface area contributed by atoms with Gasteiger partial charge in [0.25, 0.3) is 0 Å². The Balaban J connectivity index is 2.26. The van der Waals surface area contributed by atoms with Crippen LogP contribution < -0.4 is 5.73 Å². The van der Waals surface area contributed by atoms with E-state index in [4.69, 9.17) is 21.8 Å². The van der Waals surface area contributed by atoms with Crippen molar-refractivity contribution in [3.05, 3.63) is 22.6 Å². The predicted molar refractivity (Wildman–Crippen MR) is 53.0 cm³/mol. The average molecular weight is 200 g/mol. The first-order valence-electron chi connectivity index (χ1n) is 4.70. The maximum Gasteiger partial charge on any atom is 0.193 e. The molecule has 0 aliphatic heterocycles. The lowest BCUT2D eigenvalue weighted by Crippen LogP contribution is -2.17. The molecule has 0 aromatic carbocycles. The minimum Gasteiger partial charge on any atom is -0.449 e. The first-order chi connectivity index (χ1) is 6.22. The Morgan fingerprint density at radius 2 is 2.54 bits per heavy atom. The quantitative estimate of drug-likeness (QED) is 0.795. The zero-order valence-corrected chi connectivity index (χ0v) is 8.47. The Hall–Kier alpha value is -0.470. The van der Waals surface area contributed by atoms with Crippen LogP contribution in [0.5, 0.6) is 0 Å². The zero-order chi connectivity index (χ0) is 9.42. The molecule has 1 heterocycles. The monoisotopic (exact) mass is 199 g/mol. The van der Waals surface area contributed by atoms with Gasteiger partial charge in [0.15, 0.2) is 5.22 Å². The smallest absolute Gasteiger partial charge is 0.193 e. The summed E-state index contributed by atoms with van der Waals surface area (Å²) in [6.45, 7) is 2.91. The van der Waals surface area contributed by atoms with Crippen molar-refractivity contribution in [2.24, 2.45) is 11.7 Å². The number of nitrogens with two attached hydrogens (primary N) is 1. The third kappa shape index (κ3) is 1.49. The van der Waals surface area contributed by atoms with Crippen molar-refractivity contribution in [1.82, 2.24) is 0 Å². The van der Waals surface area contributed by atoms with Gasteiger partial charge in [-0.25, -0.2) is 0 Å². The number of fused-ring (bicyclic) bond motifs is 1. The molecular formula is C10H14ClNO. The molecule has 13 heavy (non-hydrogen) atoms. The predicted octanol–water partition coefficient (Wildman–Crippen LogP) is 2.56. The van der Waals surface area contributed by atoms with Gasteiger partial charge < -0.3 is 10.2 Å². The molecule has 0 amide bonds. The highest BCUT2D eigenvalue weighted by Crippen LogP contribution is 2.40. The lowest BCUT2D eigenvalue weighted by atomic mass is 9.90. The van der Waals surface area contributed by atoms with Gasteiger partial charge in [-0.3, -0.25) is 0 Å². The molecule has 2 rings (SSSR count). The van der Waals surface area contributed by atoms with Gasteiger partial charge in [0, 0.05) is 6.42 Å². The second-order valence-corrected chi connectivity index (χ2v) is 4.16. The number of aryl methyl sites for hydroxylation is 1. The van der Waals surface area contributed by atoms with Crippen LogP contribution >= 0.6 is 11.6 Å². The van der Waals surface area contributed by atoms with Gasteiger partial charge in [-0.15, -0.1) is 0 Å². The van der Waals surface area contributed by atoms with Crippen LogP contribution in [0.3, 0.4) is 0 Å². The van der Waals surface area contributed by atoms with Crippen LogP contribution in [0.2, 0.25) is 5.22 Å². The van der Waals surface area contributed by atoms with Crippen LogP contribution in [0.4, 0.5) is 0 Å². The molecular weight excluding hydrogens is 186 g/mol. The maximum atomic E-state index is 5.79. The fourth-order valence-corrected chi connectivity index (χ4v) is 2.33. The van der Waals surface area contributed by atoms with Gasteiger partial charge in [-0.2, -0.15) is 0 Å². The average Bonchev–Trinajstić information content (AvgIpc) is 2.61. The van der Waals surface area contributed by atoms with Crippen LogP contribution in [0.1, 0.15) is 30.6 Å². The molecule has 0 saturated heterocycles.